The number of nitrogens with one attached hydrogen (secondary N) is 1. The molecule has 2 aromatic carbocycles. The molecular weight excluding hydrogens is 362 g/mol. The van der Waals surface area contributed by atoms with Crippen molar-refractivity contribution in [1.29, 1.82) is 0 Å². The smallest absolute Gasteiger partial charge is 0.255 e. The highest BCUT2D eigenvalue weighted by Crippen LogP contribution is 2.30. The van der Waals surface area contributed by atoms with E-state index >= 15 is 0 Å². The molecule has 0 radical (unpaired) electrons. The average molecular weight is 387 g/mol. The van der Waals surface area contributed by atoms with Crippen LogP contribution in [0, 0.1) is 0 Å². The monoisotopic (exact) mass is 387 g/mol. The summed E-state index contributed by atoms with van der Waals surface area (Å²) in [4.78, 5) is 19.5. The van der Waals surface area contributed by atoms with Gasteiger partial charge >= 0.3 is 0 Å². The minimum atomic E-state index is -0.127. The first-order chi connectivity index (χ1) is 14.2. The van der Waals surface area contributed by atoms with E-state index < -0.39 is 0 Å². The molecule has 148 valence electrons. The summed E-state index contributed by atoms with van der Waals surface area (Å²) in [6.45, 7) is 1.68. The van der Waals surface area contributed by atoms with Gasteiger partial charge in [0.15, 0.2) is 0 Å². The van der Waals surface area contributed by atoms with Crippen LogP contribution in [-0.4, -0.2) is 28.9 Å². The molecule has 1 N–H and O–H groups in total. The van der Waals surface area contributed by atoms with Gasteiger partial charge in [-0.1, -0.05) is 18.2 Å². The number of methoxy groups -OCH3 is 1. The maximum Gasteiger partial charge on any atom is 0.255 e. The zero-order chi connectivity index (χ0) is 20.1. The minimum Gasteiger partial charge on any atom is -0.497 e. The van der Waals surface area contributed by atoms with Gasteiger partial charge in [-0.2, -0.15) is 0 Å². The normalized spacial score (nSPS) is 13.3. The molecule has 1 aromatic heterocycles. The average Bonchev–Trinajstić information content (AvgIpc) is 3.60. The molecule has 0 bridgehead atoms. The molecule has 0 spiro atoms. The number of nitrogens with zero attached hydrogens (tertiary/aromatic N) is 2. The Balaban J connectivity index is 1.42. The van der Waals surface area contributed by atoms with Gasteiger partial charge in [-0.05, 0) is 66.9 Å². The second-order valence-electron chi connectivity index (χ2n) is 7.34. The topological polar surface area (TPSA) is 54.5 Å². The Morgan fingerprint density at radius 2 is 1.90 bits per heavy atom. The number of carbonyl (C=O) groups excluding carboxylic acids is 1. The van der Waals surface area contributed by atoms with E-state index in [-0.39, 0.29) is 5.91 Å². The highest BCUT2D eigenvalue weighted by atomic mass is 16.5. The summed E-state index contributed by atoms with van der Waals surface area (Å²) in [6.07, 6.45) is 4.32. The summed E-state index contributed by atoms with van der Waals surface area (Å²) in [5.74, 6) is 0.606. The number of amides is 1. The van der Waals surface area contributed by atoms with E-state index in [4.69, 9.17) is 4.74 Å². The summed E-state index contributed by atoms with van der Waals surface area (Å²) in [5, 5.41) is 2.99. The van der Waals surface area contributed by atoms with Crippen LogP contribution in [0.3, 0.4) is 0 Å². The number of aromatic nitrogens is 1. The molecular formula is C24H25N3O2. The molecule has 1 fully saturated rings. The van der Waals surface area contributed by atoms with E-state index in [0.717, 1.165) is 30.2 Å². The van der Waals surface area contributed by atoms with Gasteiger partial charge in [0, 0.05) is 36.6 Å². The zero-order valence-corrected chi connectivity index (χ0v) is 16.5. The van der Waals surface area contributed by atoms with Crippen LogP contribution in [0.4, 0.5) is 5.69 Å². The van der Waals surface area contributed by atoms with Gasteiger partial charge in [0.25, 0.3) is 5.91 Å². The lowest BCUT2D eigenvalue weighted by Gasteiger charge is -2.22. The minimum absolute atomic E-state index is 0.127. The first-order valence-corrected chi connectivity index (χ1v) is 9.89. The van der Waals surface area contributed by atoms with Crippen molar-refractivity contribution >= 4 is 11.6 Å². The highest BCUT2D eigenvalue weighted by Gasteiger charge is 2.29. The summed E-state index contributed by atoms with van der Waals surface area (Å²) in [6, 6.07) is 21.8. The Kier molecular flexibility index (Phi) is 5.86. The number of ether oxygens (including phenoxy) is 1. The molecule has 29 heavy (non-hydrogen) atoms. The summed E-state index contributed by atoms with van der Waals surface area (Å²) in [7, 11) is 1.61. The maximum absolute atomic E-state index is 12.5. The predicted molar refractivity (Wildman–Crippen MR) is 114 cm³/mol. The Morgan fingerprint density at radius 3 is 2.59 bits per heavy atom. The fourth-order valence-corrected chi connectivity index (χ4v) is 3.38. The number of carbonyl (C=O) groups is 1. The van der Waals surface area contributed by atoms with Gasteiger partial charge in [0.2, 0.25) is 0 Å². The SMILES string of the molecule is COc1ccc(C(=O)Nc2cccc(CN(Cc3ccccn3)C3CC3)c2)cc1. The van der Waals surface area contributed by atoms with Gasteiger partial charge in [-0.25, -0.2) is 0 Å². The molecule has 1 aliphatic carbocycles. The summed E-state index contributed by atoms with van der Waals surface area (Å²) < 4.78 is 5.15. The zero-order valence-electron chi connectivity index (χ0n) is 16.5. The van der Waals surface area contributed by atoms with Crippen molar-refractivity contribution < 1.29 is 9.53 Å². The molecule has 5 heteroatoms. The maximum atomic E-state index is 12.5. The van der Waals surface area contributed by atoms with Crippen LogP contribution in [0.1, 0.15) is 34.5 Å². The fraction of sp³-hybridized carbons (Fsp3) is 0.250. The van der Waals surface area contributed by atoms with E-state index in [1.165, 1.54) is 18.4 Å². The van der Waals surface area contributed by atoms with Crippen molar-refractivity contribution in [3.05, 3.63) is 89.7 Å². The third kappa shape index (κ3) is 5.21. The summed E-state index contributed by atoms with van der Waals surface area (Å²) >= 11 is 0. The molecule has 0 aliphatic heterocycles. The van der Waals surface area contributed by atoms with E-state index in [1.54, 1.807) is 31.4 Å². The van der Waals surface area contributed by atoms with Gasteiger partial charge in [0.1, 0.15) is 5.75 Å². The lowest BCUT2D eigenvalue weighted by molar-refractivity contribution is 0.102. The van der Waals surface area contributed by atoms with Crippen molar-refractivity contribution in [2.45, 2.75) is 32.0 Å². The lowest BCUT2D eigenvalue weighted by Crippen LogP contribution is -2.25. The van der Waals surface area contributed by atoms with E-state index in [2.05, 4.69) is 33.4 Å². The number of benzene rings is 2. The molecule has 0 atom stereocenters. The van der Waals surface area contributed by atoms with Crippen molar-refractivity contribution in [3.8, 4) is 5.75 Å². The summed E-state index contributed by atoms with van der Waals surface area (Å²) in [5.41, 5.74) is 3.67. The molecule has 4 rings (SSSR count). The van der Waals surface area contributed by atoms with Crippen molar-refractivity contribution in [2.75, 3.05) is 12.4 Å². The predicted octanol–water partition coefficient (Wildman–Crippen LogP) is 4.51. The van der Waals surface area contributed by atoms with Crippen LogP contribution in [0.5, 0.6) is 5.75 Å². The molecule has 1 amide bonds. The van der Waals surface area contributed by atoms with Crippen LogP contribution in [-0.2, 0) is 13.1 Å². The van der Waals surface area contributed by atoms with E-state index in [9.17, 15) is 4.79 Å². The molecule has 3 aromatic rings. The molecule has 1 saturated carbocycles. The molecule has 1 aliphatic rings. The van der Waals surface area contributed by atoms with Gasteiger partial charge in [-0.3, -0.25) is 14.7 Å². The Bertz CT molecular complexity index is 953. The first-order valence-electron chi connectivity index (χ1n) is 9.89. The number of pyridine rings is 1. The third-order valence-corrected chi connectivity index (χ3v) is 5.08. The first kappa shape index (κ1) is 19.2. The second-order valence-corrected chi connectivity index (χ2v) is 7.34. The van der Waals surface area contributed by atoms with Crippen molar-refractivity contribution in [3.63, 3.8) is 0 Å². The van der Waals surface area contributed by atoms with E-state index in [1.807, 2.05) is 30.5 Å². The largest absolute Gasteiger partial charge is 0.497 e. The van der Waals surface area contributed by atoms with Gasteiger partial charge in [-0.15, -0.1) is 0 Å². The van der Waals surface area contributed by atoms with Crippen LogP contribution in [0.25, 0.3) is 0 Å². The molecule has 1 heterocycles. The van der Waals surface area contributed by atoms with Crippen LogP contribution in [0.15, 0.2) is 72.9 Å². The number of hydrogen-bond donors (Lipinski definition) is 1. The number of rotatable bonds is 8. The highest BCUT2D eigenvalue weighted by molar-refractivity contribution is 6.04. The lowest BCUT2D eigenvalue weighted by atomic mass is 10.1. The van der Waals surface area contributed by atoms with Crippen molar-refractivity contribution in [2.24, 2.45) is 0 Å². The second kappa shape index (κ2) is 8.88. The van der Waals surface area contributed by atoms with E-state index in [0.29, 0.717) is 11.6 Å². The Morgan fingerprint density at radius 1 is 1.07 bits per heavy atom. The van der Waals surface area contributed by atoms with Crippen LogP contribution < -0.4 is 10.1 Å². The quantitative estimate of drug-likeness (QED) is 0.618. The third-order valence-electron chi connectivity index (χ3n) is 5.08. The Hall–Kier alpha value is -3.18. The number of hydrogen-bond acceptors (Lipinski definition) is 4. The fourth-order valence-electron chi connectivity index (χ4n) is 3.38. The van der Waals surface area contributed by atoms with Crippen LogP contribution >= 0.6 is 0 Å². The Labute approximate surface area is 171 Å². The molecule has 0 saturated heterocycles. The van der Waals surface area contributed by atoms with Gasteiger partial charge in [0.05, 0.1) is 12.8 Å². The van der Waals surface area contributed by atoms with Crippen LogP contribution in [0.2, 0.25) is 0 Å². The standard InChI is InChI=1S/C24H25N3O2/c1-29-23-12-8-19(9-13-23)24(28)26-20-7-4-5-18(15-20)16-27(22-10-11-22)17-21-6-2-3-14-25-21/h2-9,12-15,22H,10-11,16-17H2,1H3,(H,26,28). The molecule has 5 nitrogen and oxygen atoms in total. The number of anilines is 1. The molecule has 0 unspecified atom stereocenters. The van der Waals surface area contributed by atoms with Crippen molar-refractivity contribution in [1.82, 2.24) is 9.88 Å². The van der Waals surface area contributed by atoms with Gasteiger partial charge < -0.3 is 10.1 Å².